The summed E-state index contributed by atoms with van der Waals surface area (Å²) < 4.78 is 5.00. The smallest absolute Gasteiger partial charge is 0.336 e. The molecule has 0 fully saturated rings. The Labute approximate surface area is 103 Å². The third-order valence-corrected chi connectivity index (χ3v) is 2.74. The summed E-state index contributed by atoms with van der Waals surface area (Å²) in [5.41, 5.74) is 0.324. The van der Waals surface area contributed by atoms with Gasteiger partial charge in [0.05, 0.1) is 4.92 Å². The second kappa shape index (κ2) is 4.14. The van der Waals surface area contributed by atoms with Crippen molar-refractivity contribution in [2.75, 3.05) is 19.0 Å². The highest BCUT2D eigenvalue weighted by atomic mass is 16.6. The van der Waals surface area contributed by atoms with Crippen LogP contribution in [0.1, 0.15) is 5.56 Å². The number of benzene rings is 1. The van der Waals surface area contributed by atoms with Gasteiger partial charge < -0.3 is 9.32 Å². The number of rotatable bonds is 2. The van der Waals surface area contributed by atoms with Crippen LogP contribution in [0.3, 0.4) is 0 Å². The van der Waals surface area contributed by atoms with Gasteiger partial charge in [-0.15, -0.1) is 0 Å². The van der Waals surface area contributed by atoms with Gasteiger partial charge in [0.2, 0.25) is 5.58 Å². The lowest BCUT2D eigenvalue weighted by molar-refractivity contribution is -0.382. The van der Waals surface area contributed by atoms with Crippen molar-refractivity contribution in [3.05, 3.63) is 44.3 Å². The fourth-order valence-electron chi connectivity index (χ4n) is 1.90. The minimum absolute atomic E-state index is 0.0243. The number of nitro benzene ring substituents is 1. The Morgan fingerprint density at radius 3 is 2.56 bits per heavy atom. The van der Waals surface area contributed by atoms with Crippen LogP contribution in [0.5, 0.6) is 0 Å². The number of hydrogen-bond acceptors (Lipinski definition) is 5. The normalized spacial score (nSPS) is 10.6. The molecule has 0 spiro atoms. The lowest BCUT2D eigenvalue weighted by Gasteiger charge is -2.13. The minimum atomic E-state index is -0.584. The van der Waals surface area contributed by atoms with E-state index in [1.807, 2.05) is 0 Å². The molecule has 6 nitrogen and oxygen atoms in total. The lowest BCUT2D eigenvalue weighted by Crippen LogP contribution is -2.12. The molecule has 1 aromatic carbocycles. The first-order chi connectivity index (χ1) is 8.41. The molecule has 0 bridgehead atoms. The van der Waals surface area contributed by atoms with Gasteiger partial charge in [-0.2, -0.15) is 0 Å². The van der Waals surface area contributed by atoms with E-state index in [-0.39, 0.29) is 11.3 Å². The van der Waals surface area contributed by atoms with Crippen molar-refractivity contribution < 1.29 is 9.34 Å². The van der Waals surface area contributed by atoms with E-state index in [9.17, 15) is 14.9 Å². The van der Waals surface area contributed by atoms with Gasteiger partial charge in [-0.3, -0.25) is 10.1 Å². The van der Waals surface area contributed by atoms with E-state index in [4.69, 9.17) is 4.42 Å². The van der Waals surface area contributed by atoms with Crippen LogP contribution in [-0.2, 0) is 0 Å². The number of nitrogens with zero attached hydrogens (tertiary/aromatic N) is 2. The van der Waals surface area contributed by atoms with Gasteiger partial charge in [0.1, 0.15) is 5.69 Å². The second-order valence-electron chi connectivity index (χ2n) is 4.21. The first-order valence-electron chi connectivity index (χ1n) is 5.31. The van der Waals surface area contributed by atoms with Crippen molar-refractivity contribution in [2.45, 2.75) is 6.92 Å². The quantitative estimate of drug-likeness (QED) is 0.462. The van der Waals surface area contributed by atoms with Crippen LogP contribution in [0.25, 0.3) is 11.0 Å². The molecule has 1 heterocycles. The van der Waals surface area contributed by atoms with Crippen LogP contribution >= 0.6 is 0 Å². The zero-order chi connectivity index (χ0) is 13.4. The Morgan fingerprint density at radius 2 is 2.00 bits per heavy atom. The first kappa shape index (κ1) is 12.1. The number of anilines is 1. The highest BCUT2D eigenvalue weighted by Gasteiger charge is 2.23. The van der Waals surface area contributed by atoms with E-state index in [2.05, 4.69) is 0 Å². The van der Waals surface area contributed by atoms with E-state index >= 15 is 0 Å². The lowest BCUT2D eigenvalue weighted by atomic mass is 10.1. The first-order valence-corrected chi connectivity index (χ1v) is 5.31. The third-order valence-electron chi connectivity index (χ3n) is 2.74. The third kappa shape index (κ3) is 1.81. The van der Waals surface area contributed by atoms with Gasteiger partial charge in [-0.25, -0.2) is 4.79 Å². The Balaban J connectivity index is 2.98. The van der Waals surface area contributed by atoms with Crippen molar-refractivity contribution in [3.63, 3.8) is 0 Å². The zero-order valence-electron chi connectivity index (χ0n) is 10.3. The molecule has 0 amide bonds. The molecule has 0 unspecified atom stereocenters. The van der Waals surface area contributed by atoms with Crippen molar-refractivity contribution in [1.29, 1.82) is 0 Å². The summed E-state index contributed by atoms with van der Waals surface area (Å²) in [4.78, 5) is 23.6. The summed E-state index contributed by atoms with van der Waals surface area (Å²) in [6.45, 7) is 1.72. The summed E-state index contributed by atoms with van der Waals surface area (Å²) in [6, 6.07) is 4.69. The van der Waals surface area contributed by atoms with Crippen LogP contribution < -0.4 is 10.5 Å². The van der Waals surface area contributed by atoms with E-state index in [1.54, 1.807) is 38.1 Å². The summed E-state index contributed by atoms with van der Waals surface area (Å²) in [5, 5.41) is 11.8. The molecule has 2 aromatic rings. The summed E-state index contributed by atoms with van der Waals surface area (Å²) in [7, 11) is 3.39. The van der Waals surface area contributed by atoms with E-state index in [0.29, 0.717) is 16.6 Å². The SMILES string of the molecule is Cc1cc(=O)oc2c([N+](=O)[O-])c(N(C)C)ccc12. The fourth-order valence-corrected chi connectivity index (χ4v) is 1.90. The molecule has 0 aliphatic heterocycles. The van der Waals surface area contributed by atoms with Gasteiger partial charge >= 0.3 is 11.3 Å². The molecule has 1 aromatic heterocycles. The number of hydrogen-bond donors (Lipinski definition) is 0. The fraction of sp³-hybridized carbons (Fsp3) is 0.250. The van der Waals surface area contributed by atoms with Crippen LogP contribution in [0, 0.1) is 17.0 Å². The summed E-state index contributed by atoms with van der Waals surface area (Å²) in [5.74, 6) is 0. The van der Waals surface area contributed by atoms with Crippen molar-refractivity contribution in [2.24, 2.45) is 0 Å². The Hall–Kier alpha value is -2.37. The van der Waals surface area contributed by atoms with E-state index < -0.39 is 10.5 Å². The summed E-state index contributed by atoms with van der Waals surface area (Å²) in [6.07, 6.45) is 0. The topological polar surface area (TPSA) is 76.6 Å². The van der Waals surface area contributed by atoms with Crippen LogP contribution in [0.15, 0.2) is 27.4 Å². The monoisotopic (exact) mass is 248 g/mol. The standard InChI is InChI=1S/C12H12N2O4/c1-7-6-10(15)18-12-8(7)4-5-9(13(2)3)11(12)14(16)17/h4-6H,1-3H3. The maximum absolute atomic E-state index is 11.4. The number of fused-ring (bicyclic) bond motifs is 1. The average molecular weight is 248 g/mol. The maximum atomic E-state index is 11.4. The van der Waals surface area contributed by atoms with Crippen molar-refractivity contribution in [1.82, 2.24) is 0 Å². The van der Waals surface area contributed by atoms with Crippen molar-refractivity contribution >= 4 is 22.3 Å². The molecule has 0 N–H and O–H groups in total. The van der Waals surface area contributed by atoms with Crippen LogP contribution in [0.2, 0.25) is 0 Å². The number of aryl methyl sites for hydroxylation is 1. The van der Waals surface area contributed by atoms with Crippen LogP contribution in [0.4, 0.5) is 11.4 Å². The predicted molar refractivity (Wildman–Crippen MR) is 68.2 cm³/mol. The van der Waals surface area contributed by atoms with Gasteiger partial charge in [0, 0.05) is 25.5 Å². The molecule has 0 aliphatic rings. The molecule has 0 aliphatic carbocycles. The van der Waals surface area contributed by atoms with Gasteiger partial charge in [-0.05, 0) is 24.6 Å². The molecule has 6 heteroatoms. The van der Waals surface area contributed by atoms with E-state index in [1.165, 1.54) is 6.07 Å². The Bertz CT molecular complexity index is 688. The van der Waals surface area contributed by atoms with E-state index in [0.717, 1.165) is 0 Å². The summed E-state index contributed by atoms with van der Waals surface area (Å²) >= 11 is 0. The van der Waals surface area contributed by atoms with Gasteiger partial charge in [-0.1, -0.05) is 0 Å². The highest BCUT2D eigenvalue weighted by Crippen LogP contribution is 2.35. The van der Waals surface area contributed by atoms with Gasteiger partial charge in [0.15, 0.2) is 0 Å². The largest absolute Gasteiger partial charge is 0.415 e. The Morgan fingerprint density at radius 1 is 1.33 bits per heavy atom. The Kier molecular flexibility index (Phi) is 2.78. The molecule has 0 saturated heterocycles. The molecule has 0 saturated carbocycles. The maximum Gasteiger partial charge on any atom is 0.336 e. The molecule has 0 radical (unpaired) electrons. The van der Waals surface area contributed by atoms with Crippen molar-refractivity contribution in [3.8, 4) is 0 Å². The average Bonchev–Trinajstić information content (AvgIpc) is 2.26. The highest BCUT2D eigenvalue weighted by molar-refractivity contribution is 5.93. The predicted octanol–water partition coefficient (Wildman–Crippen LogP) is 2.08. The van der Waals surface area contributed by atoms with Gasteiger partial charge in [0.25, 0.3) is 0 Å². The molecule has 18 heavy (non-hydrogen) atoms. The molecule has 94 valence electrons. The minimum Gasteiger partial charge on any atom is -0.415 e. The zero-order valence-corrected chi connectivity index (χ0v) is 10.3. The second-order valence-corrected chi connectivity index (χ2v) is 4.21. The number of nitro groups is 1. The molecular formula is C12H12N2O4. The molecule has 2 rings (SSSR count). The molecule has 0 atom stereocenters. The molecular weight excluding hydrogens is 236 g/mol. The van der Waals surface area contributed by atoms with Crippen LogP contribution in [-0.4, -0.2) is 19.0 Å².